The molecule has 1 heterocycles. The Balaban J connectivity index is 2.11. The number of carbonyl (C=O) groups excluding carboxylic acids is 1. The molecule has 2 rings (SSSR count). The highest BCUT2D eigenvalue weighted by Crippen LogP contribution is 2.36. The number of amides is 1. The molecule has 1 aromatic rings. The van der Waals surface area contributed by atoms with Gasteiger partial charge < -0.3 is 14.4 Å². The molecule has 1 aliphatic heterocycles. The highest BCUT2D eigenvalue weighted by Gasteiger charge is 2.32. The number of methoxy groups -OCH3 is 1. The van der Waals surface area contributed by atoms with Crippen molar-refractivity contribution in [3.05, 3.63) is 28.8 Å². The quantitative estimate of drug-likeness (QED) is 0.657. The van der Waals surface area contributed by atoms with Crippen LogP contribution in [-0.2, 0) is 14.6 Å². The van der Waals surface area contributed by atoms with Crippen molar-refractivity contribution in [2.75, 3.05) is 32.3 Å². The lowest BCUT2D eigenvalue weighted by Crippen LogP contribution is -2.36. The van der Waals surface area contributed by atoms with Gasteiger partial charge in [-0.15, -0.1) is 0 Å². The number of sulfone groups is 1. The van der Waals surface area contributed by atoms with Crippen LogP contribution >= 0.6 is 11.6 Å². The highest BCUT2D eigenvalue weighted by molar-refractivity contribution is 7.91. The minimum Gasteiger partial charge on any atom is -0.493 e. The van der Waals surface area contributed by atoms with Crippen molar-refractivity contribution in [1.82, 2.24) is 4.90 Å². The van der Waals surface area contributed by atoms with Gasteiger partial charge in [-0.25, -0.2) is 8.42 Å². The predicted molar refractivity (Wildman–Crippen MR) is 103 cm³/mol. The lowest BCUT2D eigenvalue weighted by molar-refractivity contribution is -0.126. The second-order valence-corrected chi connectivity index (χ2v) is 8.86. The van der Waals surface area contributed by atoms with Crippen molar-refractivity contribution >= 4 is 33.4 Å². The van der Waals surface area contributed by atoms with Crippen LogP contribution in [-0.4, -0.2) is 57.5 Å². The molecule has 144 valence electrons. The zero-order valence-electron chi connectivity index (χ0n) is 15.2. The van der Waals surface area contributed by atoms with Gasteiger partial charge in [0.2, 0.25) is 5.91 Å². The zero-order chi connectivity index (χ0) is 19.3. The van der Waals surface area contributed by atoms with Crippen molar-refractivity contribution in [3.63, 3.8) is 0 Å². The van der Waals surface area contributed by atoms with Gasteiger partial charge in [0.05, 0.1) is 30.2 Å². The number of carbonyl (C=O) groups is 1. The molecule has 6 nitrogen and oxygen atoms in total. The summed E-state index contributed by atoms with van der Waals surface area (Å²) in [5, 5.41) is 0.403. The summed E-state index contributed by atoms with van der Waals surface area (Å²) in [6.07, 6.45) is 4.35. The normalized spacial score (nSPS) is 18.8. The molecule has 1 saturated heterocycles. The average Bonchev–Trinajstić information content (AvgIpc) is 2.97. The maximum atomic E-state index is 12.3. The van der Waals surface area contributed by atoms with Crippen LogP contribution in [0.15, 0.2) is 18.2 Å². The molecule has 1 atom stereocenters. The van der Waals surface area contributed by atoms with Gasteiger partial charge in [0.25, 0.3) is 0 Å². The largest absolute Gasteiger partial charge is 0.493 e. The van der Waals surface area contributed by atoms with E-state index in [0.29, 0.717) is 35.1 Å². The molecule has 0 bridgehead atoms. The Bertz CT molecular complexity index is 791. The first-order chi connectivity index (χ1) is 12.3. The SMILES string of the molecule is CCCOc1c(Cl)cc(/C=C/C(=O)N(C)C2CCS(=O)(=O)C2)cc1OC. The summed E-state index contributed by atoms with van der Waals surface area (Å²) in [6, 6.07) is 3.15. The summed E-state index contributed by atoms with van der Waals surface area (Å²) in [7, 11) is 0.110. The van der Waals surface area contributed by atoms with Crippen LogP contribution in [0, 0.1) is 0 Å². The predicted octanol–water partition coefficient (Wildman–Crippen LogP) is 2.80. The summed E-state index contributed by atoms with van der Waals surface area (Å²) < 4.78 is 34.0. The molecule has 1 aliphatic rings. The number of benzene rings is 1. The molecular weight excluding hydrogens is 378 g/mol. The van der Waals surface area contributed by atoms with E-state index in [1.807, 2.05) is 6.92 Å². The van der Waals surface area contributed by atoms with Crippen molar-refractivity contribution in [2.45, 2.75) is 25.8 Å². The van der Waals surface area contributed by atoms with Gasteiger partial charge >= 0.3 is 0 Å². The van der Waals surface area contributed by atoms with Crippen LogP contribution in [0.2, 0.25) is 5.02 Å². The monoisotopic (exact) mass is 401 g/mol. The lowest BCUT2D eigenvalue weighted by atomic mass is 10.1. The topological polar surface area (TPSA) is 72.9 Å². The average molecular weight is 402 g/mol. The highest BCUT2D eigenvalue weighted by atomic mass is 35.5. The molecule has 1 aromatic carbocycles. The van der Waals surface area contributed by atoms with Crippen molar-refractivity contribution in [3.8, 4) is 11.5 Å². The summed E-state index contributed by atoms with van der Waals surface area (Å²) in [5.41, 5.74) is 0.691. The van der Waals surface area contributed by atoms with E-state index in [-0.39, 0.29) is 23.5 Å². The molecule has 0 spiro atoms. The van der Waals surface area contributed by atoms with Crippen molar-refractivity contribution < 1.29 is 22.7 Å². The van der Waals surface area contributed by atoms with Gasteiger partial charge in [-0.1, -0.05) is 18.5 Å². The van der Waals surface area contributed by atoms with E-state index in [0.717, 1.165) is 6.42 Å². The van der Waals surface area contributed by atoms with Crippen LogP contribution in [0.3, 0.4) is 0 Å². The Hall–Kier alpha value is -1.73. The Morgan fingerprint density at radius 3 is 2.73 bits per heavy atom. The van der Waals surface area contributed by atoms with Crippen LogP contribution in [0.1, 0.15) is 25.3 Å². The van der Waals surface area contributed by atoms with E-state index in [1.165, 1.54) is 18.1 Å². The maximum absolute atomic E-state index is 12.3. The first kappa shape index (κ1) is 20.6. The van der Waals surface area contributed by atoms with E-state index in [4.69, 9.17) is 21.1 Å². The third kappa shape index (κ3) is 5.14. The van der Waals surface area contributed by atoms with E-state index in [9.17, 15) is 13.2 Å². The first-order valence-corrected chi connectivity index (χ1v) is 10.6. The van der Waals surface area contributed by atoms with Crippen LogP contribution in [0.25, 0.3) is 6.08 Å². The van der Waals surface area contributed by atoms with Gasteiger partial charge in [0.15, 0.2) is 21.3 Å². The molecule has 1 unspecified atom stereocenters. The number of hydrogen-bond donors (Lipinski definition) is 0. The van der Waals surface area contributed by atoms with Crippen LogP contribution < -0.4 is 9.47 Å². The number of likely N-dealkylation sites (N-methyl/N-ethyl adjacent to an activating group) is 1. The van der Waals surface area contributed by atoms with E-state index in [2.05, 4.69) is 0 Å². The summed E-state index contributed by atoms with van der Waals surface area (Å²) in [6.45, 7) is 2.52. The van der Waals surface area contributed by atoms with E-state index in [1.54, 1.807) is 25.3 Å². The molecule has 0 aliphatic carbocycles. The zero-order valence-corrected chi connectivity index (χ0v) is 16.8. The van der Waals surface area contributed by atoms with Crippen molar-refractivity contribution in [2.24, 2.45) is 0 Å². The van der Waals surface area contributed by atoms with Gasteiger partial charge in [0.1, 0.15) is 0 Å². The fourth-order valence-electron chi connectivity index (χ4n) is 2.73. The smallest absolute Gasteiger partial charge is 0.246 e. The molecular formula is C18H24ClNO5S. The maximum Gasteiger partial charge on any atom is 0.246 e. The second-order valence-electron chi connectivity index (χ2n) is 6.22. The Morgan fingerprint density at radius 2 is 2.15 bits per heavy atom. The van der Waals surface area contributed by atoms with Crippen LogP contribution in [0.5, 0.6) is 11.5 Å². The molecule has 1 fully saturated rings. The Morgan fingerprint density at radius 1 is 1.42 bits per heavy atom. The number of hydrogen-bond acceptors (Lipinski definition) is 5. The Labute approximate surface area is 159 Å². The van der Waals surface area contributed by atoms with E-state index >= 15 is 0 Å². The molecule has 26 heavy (non-hydrogen) atoms. The molecule has 0 saturated carbocycles. The van der Waals surface area contributed by atoms with Gasteiger partial charge in [-0.05, 0) is 36.6 Å². The summed E-state index contributed by atoms with van der Waals surface area (Å²) in [4.78, 5) is 13.8. The fourth-order valence-corrected chi connectivity index (χ4v) is 4.77. The van der Waals surface area contributed by atoms with Crippen molar-refractivity contribution in [1.29, 1.82) is 0 Å². The molecule has 1 amide bonds. The Kier molecular flexibility index (Phi) is 6.94. The third-order valence-electron chi connectivity index (χ3n) is 4.22. The number of nitrogens with zero attached hydrogens (tertiary/aromatic N) is 1. The number of ether oxygens (including phenoxy) is 2. The minimum atomic E-state index is -3.03. The standard InChI is InChI=1S/C18H24ClNO5S/c1-4-8-25-18-15(19)10-13(11-16(18)24-3)5-6-17(21)20(2)14-7-9-26(22,23)12-14/h5-6,10-11,14H,4,7-9,12H2,1-3H3/b6-5+. The van der Waals surface area contributed by atoms with Gasteiger partial charge in [-0.3, -0.25) is 4.79 Å². The summed E-state index contributed by atoms with van der Waals surface area (Å²) in [5.74, 6) is 0.867. The third-order valence-corrected chi connectivity index (χ3v) is 6.26. The van der Waals surface area contributed by atoms with E-state index < -0.39 is 9.84 Å². The number of rotatable bonds is 7. The minimum absolute atomic E-state index is 0.0200. The fraction of sp³-hybridized carbons (Fsp3) is 0.500. The van der Waals surface area contributed by atoms with Gasteiger partial charge in [0, 0.05) is 19.2 Å². The molecule has 8 heteroatoms. The lowest BCUT2D eigenvalue weighted by Gasteiger charge is -2.21. The molecule has 0 N–H and O–H groups in total. The van der Waals surface area contributed by atoms with Crippen LogP contribution in [0.4, 0.5) is 0 Å². The summed E-state index contributed by atoms with van der Waals surface area (Å²) >= 11 is 6.26. The second kappa shape index (κ2) is 8.77. The first-order valence-electron chi connectivity index (χ1n) is 8.43. The number of halogens is 1. The van der Waals surface area contributed by atoms with Gasteiger partial charge in [-0.2, -0.15) is 0 Å². The molecule has 0 aromatic heterocycles. The molecule has 0 radical (unpaired) electrons.